The first-order chi connectivity index (χ1) is 7.99. The highest BCUT2D eigenvalue weighted by molar-refractivity contribution is 6.41. The predicted octanol–water partition coefficient (Wildman–Crippen LogP) is 1.73. The maximum Gasteiger partial charge on any atom is 0.185 e. The molecule has 0 atom stereocenters. The molecule has 5 heteroatoms. The highest BCUT2D eigenvalue weighted by Gasteiger charge is 2.08. The smallest absolute Gasteiger partial charge is 0.185 e. The molecule has 1 aromatic rings. The van der Waals surface area contributed by atoms with Crippen LogP contribution in [0.5, 0.6) is 5.75 Å². The lowest BCUT2D eigenvalue weighted by molar-refractivity contribution is -0.122. The van der Waals surface area contributed by atoms with Gasteiger partial charge in [0.2, 0.25) is 0 Å². The number of nitrogens with one attached hydrogen (secondary N) is 1. The van der Waals surface area contributed by atoms with Crippen LogP contribution in [0, 0.1) is 0 Å². The van der Waals surface area contributed by atoms with Gasteiger partial charge in [0.05, 0.1) is 12.1 Å². The van der Waals surface area contributed by atoms with Crippen LogP contribution in [0.4, 0.5) is 5.69 Å². The van der Waals surface area contributed by atoms with E-state index in [1.807, 2.05) is 0 Å². The predicted molar refractivity (Wildman–Crippen MR) is 65.1 cm³/mol. The van der Waals surface area contributed by atoms with Gasteiger partial charge < -0.3 is 5.11 Å². The molecule has 0 aromatic heterocycles. The topological polar surface area (TPSA) is 78.8 Å². The molecule has 1 rings (SSSR count). The minimum Gasteiger partial charge on any atom is -0.508 e. The van der Waals surface area contributed by atoms with Crippen LogP contribution in [0.2, 0.25) is 0 Å². The molecule has 5 nitrogen and oxygen atoms in total. The van der Waals surface area contributed by atoms with Crippen molar-refractivity contribution in [3.63, 3.8) is 0 Å². The number of rotatable bonds is 5. The normalized spacial score (nSPS) is 11.1. The number of aromatic hydroxyl groups is 1. The third kappa shape index (κ3) is 4.46. The number of benzene rings is 1. The van der Waals surface area contributed by atoms with Crippen molar-refractivity contribution in [3.05, 3.63) is 24.3 Å². The molecule has 1 aromatic carbocycles. The molecule has 0 aliphatic heterocycles. The monoisotopic (exact) mass is 234 g/mol. The number of ketones is 2. The van der Waals surface area contributed by atoms with Crippen molar-refractivity contribution in [2.75, 3.05) is 5.43 Å². The number of hydrogen-bond donors (Lipinski definition) is 2. The molecule has 0 aliphatic rings. The number of phenolic OH excluding ortho intramolecular Hbond substituents is 1. The zero-order valence-corrected chi connectivity index (χ0v) is 9.73. The number of hydrogen-bond acceptors (Lipinski definition) is 5. The van der Waals surface area contributed by atoms with E-state index in [1.54, 1.807) is 19.1 Å². The number of carbonyl (C=O) groups excluding carboxylic acids is 2. The average molecular weight is 234 g/mol. The average Bonchev–Trinajstić information content (AvgIpc) is 2.27. The van der Waals surface area contributed by atoms with Crippen molar-refractivity contribution in [2.24, 2.45) is 5.10 Å². The second-order valence-corrected chi connectivity index (χ2v) is 3.66. The van der Waals surface area contributed by atoms with E-state index in [2.05, 4.69) is 10.5 Å². The van der Waals surface area contributed by atoms with Crippen LogP contribution >= 0.6 is 0 Å². The standard InChI is InChI=1S/C12H14N2O3/c1-8(15)7-12(17)9(2)13-14-10-3-5-11(16)6-4-10/h3-6,14,16H,7H2,1-2H3/b13-9+. The van der Waals surface area contributed by atoms with Crippen molar-refractivity contribution in [2.45, 2.75) is 20.3 Å². The third-order valence-electron chi connectivity index (χ3n) is 2.03. The van der Waals surface area contributed by atoms with Gasteiger partial charge in [0.25, 0.3) is 0 Å². The number of anilines is 1. The van der Waals surface area contributed by atoms with E-state index >= 15 is 0 Å². The molecule has 0 spiro atoms. The summed E-state index contributed by atoms with van der Waals surface area (Å²) in [7, 11) is 0. The van der Waals surface area contributed by atoms with Gasteiger partial charge in [0, 0.05) is 0 Å². The summed E-state index contributed by atoms with van der Waals surface area (Å²) in [5, 5.41) is 12.9. The van der Waals surface area contributed by atoms with Crippen molar-refractivity contribution >= 4 is 23.0 Å². The number of phenols is 1. The molecule has 0 fully saturated rings. The molecule has 0 unspecified atom stereocenters. The Morgan fingerprint density at radius 3 is 2.35 bits per heavy atom. The molecule has 0 saturated heterocycles. The summed E-state index contributed by atoms with van der Waals surface area (Å²) < 4.78 is 0. The summed E-state index contributed by atoms with van der Waals surface area (Å²) >= 11 is 0. The van der Waals surface area contributed by atoms with E-state index in [0.717, 1.165) is 0 Å². The van der Waals surface area contributed by atoms with Crippen LogP contribution < -0.4 is 5.43 Å². The second kappa shape index (κ2) is 5.79. The van der Waals surface area contributed by atoms with Gasteiger partial charge in [-0.05, 0) is 38.1 Å². The van der Waals surface area contributed by atoms with Crippen LogP contribution in [0.1, 0.15) is 20.3 Å². The summed E-state index contributed by atoms with van der Waals surface area (Å²) in [6, 6.07) is 6.26. The van der Waals surface area contributed by atoms with Gasteiger partial charge in [-0.2, -0.15) is 5.10 Å². The van der Waals surface area contributed by atoms with E-state index < -0.39 is 0 Å². The Kier molecular flexibility index (Phi) is 4.39. The number of nitrogens with zero attached hydrogens (tertiary/aromatic N) is 1. The van der Waals surface area contributed by atoms with E-state index in [1.165, 1.54) is 19.1 Å². The van der Waals surface area contributed by atoms with Crippen LogP contribution in [0.3, 0.4) is 0 Å². The van der Waals surface area contributed by atoms with Crippen LogP contribution in [0.15, 0.2) is 29.4 Å². The Balaban J connectivity index is 2.61. The van der Waals surface area contributed by atoms with Crippen LogP contribution in [0.25, 0.3) is 0 Å². The second-order valence-electron chi connectivity index (χ2n) is 3.66. The molecule has 0 radical (unpaired) electrons. The van der Waals surface area contributed by atoms with E-state index in [4.69, 9.17) is 5.11 Å². The molecular formula is C12H14N2O3. The SMILES string of the molecule is CC(=O)CC(=O)/C(C)=N/Nc1ccc(O)cc1. The zero-order valence-electron chi connectivity index (χ0n) is 9.73. The molecule has 0 aliphatic carbocycles. The Morgan fingerprint density at radius 1 is 1.24 bits per heavy atom. The lowest BCUT2D eigenvalue weighted by Crippen LogP contribution is -2.15. The summed E-state index contributed by atoms with van der Waals surface area (Å²) in [4.78, 5) is 22.1. The zero-order chi connectivity index (χ0) is 12.8. The third-order valence-corrected chi connectivity index (χ3v) is 2.03. The molecular weight excluding hydrogens is 220 g/mol. The molecule has 17 heavy (non-hydrogen) atoms. The minimum absolute atomic E-state index is 0.132. The van der Waals surface area contributed by atoms with Gasteiger partial charge in [0.15, 0.2) is 5.78 Å². The van der Waals surface area contributed by atoms with Gasteiger partial charge in [0.1, 0.15) is 17.2 Å². The summed E-state index contributed by atoms with van der Waals surface area (Å²) in [6.45, 7) is 2.90. The first kappa shape index (κ1) is 12.9. The Labute approximate surface area is 99.2 Å². The Morgan fingerprint density at radius 2 is 1.82 bits per heavy atom. The Hall–Kier alpha value is -2.17. The lowest BCUT2D eigenvalue weighted by Gasteiger charge is -2.02. The molecule has 0 bridgehead atoms. The van der Waals surface area contributed by atoms with Gasteiger partial charge in [-0.15, -0.1) is 0 Å². The van der Waals surface area contributed by atoms with Crippen molar-refractivity contribution < 1.29 is 14.7 Å². The minimum atomic E-state index is -0.302. The van der Waals surface area contributed by atoms with Crippen molar-refractivity contribution in [3.8, 4) is 5.75 Å². The van der Waals surface area contributed by atoms with Gasteiger partial charge >= 0.3 is 0 Å². The molecule has 0 amide bonds. The fourth-order valence-electron chi connectivity index (χ4n) is 1.10. The summed E-state index contributed by atoms with van der Waals surface area (Å²) in [5.41, 5.74) is 3.56. The highest BCUT2D eigenvalue weighted by Crippen LogP contribution is 2.13. The maximum atomic E-state index is 11.4. The fourth-order valence-corrected chi connectivity index (χ4v) is 1.10. The molecule has 2 N–H and O–H groups in total. The molecule has 0 saturated carbocycles. The largest absolute Gasteiger partial charge is 0.508 e. The molecule has 90 valence electrons. The van der Waals surface area contributed by atoms with E-state index in [0.29, 0.717) is 5.69 Å². The first-order valence-electron chi connectivity index (χ1n) is 5.11. The van der Waals surface area contributed by atoms with Gasteiger partial charge in [-0.1, -0.05) is 0 Å². The van der Waals surface area contributed by atoms with Crippen molar-refractivity contribution in [1.82, 2.24) is 0 Å². The number of hydrazone groups is 1. The van der Waals surface area contributed by atoms with Gasteiger partial charge in [-0.25, -0.2) is 0 Å². The summed E-state index contributed by atoms with van der Waals surface area (Å²) in [5.74, 6) is -0.332. The maximum absolute atomic E-state index is 11.4. The quantitative estimate of drug-likeness (QED) is 0.352. The molecule has 0 heterocycles. The van der Waals surface area contributed by atoms with E-state index in [9.17, 15) is 9.59 Å². The van der Waals surface area contributed by atoms with Crippen LogP contribution in [-0.4, -0.2) is 22.4 Å². The highest BCUT2D eigenvalue weighted by atomic mass is 16.3. The van der Waals surface area contributed by atoms with Gasteiger partial charge in [-0.3, -0.25) is 15.0 Å². The fraction of sp³-hybridized carbons (Fsp3) is 0.250. The van der Waals surface area contributed by atoms with E-state index in [-0.39, 0.29) is 29.4 Å². The number of carbonyl (C=O) groups is 2. The van der Waals surface area contributed by atoms with Crippen molar-refractivity contribution in [1.29, 1.82) is 0 Å². The lowest BCUT2D eigenvalue weighted by atomic mass is 10.1. The Bertz CT molecular complexity index is 449. The first-order valence-corrected chi connectivity index (χ1v) is 5.11. The number of Topliss-reactive ketones (excluding diaryl/α,β-unsaturated/α-hetero) is 2. The summed E-state index contributed by atoms with van der Waals surface area (Å²) in [6.07, 6.45) is -0.132. The van der Waals surface area contributed by atoms with Crippen LogP contribution in [-0.2, 0) is 9.59 Å².